The van der Waals surface area contributed by atoms with Crippen LogP contribution in [0.25, 0.3) is 0 Å². The number of nitrogens with one attached hydrogen (secondary N) is 2. The number of rotatable bonds is 3. The van der Waals surface area contributed by atoms with Gasteiger partial charge in [-0.2, -0.15) is 0 Å². The fourth-order valence-electron chi connectivity index (χ4n) is 1.46. The van der Waals surface area contributed by atoms with Crippen molar-refractivity contribution in [3.63, 3.8) is 0 Å². The maximum atomic E-state index is 10.7. The molecule has 0 unspecified atom stereocenters. The molecule has 0 atom stereocenters. The van der Waals surface area contributed by atoms with Crippen LogP contribution in [0, 0.1) is 0 Å². The largest absolute Gasteiger partial charge is 0.326 e. The number of amides is 2. The Bertz CT molecular complexity index is 556. The summed E-state index contributed by atoms with van der Waals surface area (Å²) in [5.41, 5.74) is 6.73. The second-order valence-electron chi connectivity index (χ2n) is 4.17. The van der Waals surface area contributed by atoms with Crippen molar-refractivity contribution in [3.05, 3.63) is 60.7 Å². The predicted octanol–water partition coefficient (Wildman–Crippen LogP) is 2.23. The molecule has 0 saturated heterocycles. The molecule has 0 radical (unpaired) electrons. The first-order valence-corrected chi connectivity index (χ1v) is 6.49. The highest BCUT2D eigenvalue weighted by atomic mass is 16.2. The van der Waals surface area contributed by atoms with Crippen molar-refractivity contribution in [2.24, 2.45) is 5.73 Å². The van der Waals surface area contributed by atoms with Crippen molar-refractivity contribution in [2.45, 2.75) is 6.92 Å². The quantitative estimate of drug-likeness (QED) is 0.808. The van der Waals surface area contributed by atoms with Gasteiger partial charge in [-0.15, -0.1) is 0 Å². The normalized spacial score (nSPS) is 9.05. The van der Waals surface area contributed by atoms with E-state index in [1.54, 1.807) is 0 Å². The summed E-state index contributed by atoms with van der Waals surface area (Å²) in [4.78, 5) is 21.2. The fraction of sp³-hybridized carbons (Fsp3) is 0.125. The van der Waals surface area contributed by atoms with E-state index in [0.717, 1.165) is 11.4 Å². The molecule has 0 heterocycles. The van der Waals surface area contributed by atoms with Crippen molar-refractivity contribution in [1.29, 1.82) is 0 Å². The topological polar surface area (TPSA) is 84.2 Å². The number of hydrogen-bond acceptors (Lipinski definition) is 3. The minimum atomic E-state index is -0.170. The van der Waals surface area contributed by atoms with Crippen molar-refractivity contribution in [2.75, 3.05) is 17.2 Å². The van der Waals surface area contributed by atoms with Gasteiger partial charge in [-0.05, 0) is 24.3 Å². The summed E-state index contributed by atoms with van der Waals surface area (Å²) in [6, 6.07) is 18.6. The van der Waals surface area contributed by atoms with Crippen LogP contribution in [0.1, 0.15) is 6.92 Å². The van der Waals surface area contributed by atoms with Gasteiger partial charge in [0.25, 0.3) is 0 Å². The van der Waals surface area contributed by atoms with Crippen molar-refractivity contribution >= 4 is 23.2 Å². The first-order chi connectivity index (χ1) is 10.1. The van der Waals surface area contributed by atoms with Gasteiger partial charge in [-0.25, -0.2) is 0 Å². The van der Waals surface area contributed by atoms with Crippen molar-refractivity contribution in [3.8, 4) is 0 Å². The predicted molar refractivity (Wildman–Crippen MR) is 84.9 cm³/mol. The zero-order chi connectivity index (χ0) is 15.5. The van der Waals surface area contributed by atoms with Gasteiger partial charge in [-0.3, -0.25) is 9.59 Å². The summed E-state index contributed by atoms with van der Waals surface area (Å²) in [6.07, 6.45) is 0. The number of carbonyl (C=O) groups excluding carboxylic acids is 2. The molecule has 0 aromatic heterocycles. The zero-order valence-electron chi connectivity index (χ0n) is 11.9. The van der Waals surface area contributed by atoms with E-state index in [9.17, 15) is 9.59 Å². The zero-order valence-corrected chi connectivity index (χ0v) is 11.9. The Morgan fingerprint density at radius 2 is 1.29 bits per heavy atom. The lowest BCUT2D eigenvalue weighted by atomic mass is 10.3. The minimum absolute atomic E-state index is 0.0227. The third-order valence-electron chi connectivity index (χ3n) is 2.34. The number of anilines is 2. The monoisotopic (exact) mass is 285 g/mol. The Hall–Kier alpha value is -2.66. The third kappa shape index (κ3) is 7.49. The van der Waals surface area contributed by atoms with E-state index in [0.29, 0.717) is 0 Å². The maximum Gasteiger partial charge on any atom is 0.238 e. The lowest BCUT2D eigenvalue weighted by Gasteiger charge is -2.00. The summed E-state index contributed by atoms with van der Waals surface area (Å²) in [7, 11) is 0. The van der Waals surface area contributed by atoms with E-state index < -0.39 is 0 Å². The molecular weight excluding hydrogens is 266 g/mol. The number of hydrogen-bond donors (Lipinski definition) is 3. The third-order valence-corrected chi connectivity index (χ3v) is 2.34. The van der Waals surface area contributed by atoms with Crippen LogP contribution in [0.3, 0.4) is 0 Å². The average molecular weight is 285 g/mol. The van der Waals surface area contributed by atoms with Gasteiger partial charge in [0.05, 0.1) is 6.54 Å². The van der Waals surface area contributed by atoms with Crippen molar-refractivity contribution in [1.82, 2.24) is 0 Å². The van der Waals surface area contributed by atoms with E-state index in [-0.39, 0.29) is 18.4 Å². The molecule has 5 heteroatoms. The van der Waals surface area contributed by atoms with E-state index in [1.807, 2.05) is 60.7 Å². The van der Waals surface area contributed by atoms with Crippen LogP contribution < -0.4 is 16.4 Å². The molecule has 0 spiro atoms. The standard InChI is InChI=1S/C8H10N2O.C8H9NO/c9-6-8(11)10-7-4-2-1-3-5-7;1-7(10)9-8-5-3-2-4-6-8/h1-5H,6,9H2,(H,10,11);2-6H,1H3,(H,9,10). The molecule has 2 aromatic carbocycles. The van der Waals surface area contributed by atoms with E-state index in [4.69, 9.17) is 5.73 Å². The van der Waals surface area contributed by atoms with Gasteiger partial charge < -0.3 is 16.4 Å². The van der Waals surface area contributed by atoms with Gasteiger partial charge in [0.1, 0.15) is 0 Å². The van der Waals surface area contributed by atoms with Crippen LogP contribution in [0.2, 0.25) is 0 Å². The summed E-state index contributed by atoms with van der Waals surface area (Å²) >= 11 is 0. The van der Waals surface area contributed by atoms with E-state index in [2.05, 4.69) is 10.6 Å². The molecule has 0 aliphatic rings. The number of nitrogens with two attached hydrogens (primary N) is 1. The number of carbonyl (C=O) groups is 2. The van der Waals surface area contributed by atoms with Gasteiger partial charge in [0.2, 0.25) is 11.8 Å². The first-order valence-electron chi connectivity index (χ1n) is 6.49. The molecule has 2 aromatic rings. The SMILES string of the molecule is CC(=O)Nc1ccccc1.NCC(=O)Nc1ccccc1. The molecule has 4 N–H and O–H groups in total. The van der Waals surface area contributed by atoms with Crippen LogP contribution in [-0.2, 0) is 9.59 Å². The first kappa shape index (κ1) is 16.4. The van der Waals surface area contributed by atoms with E-state index >= 15 is 0 Å². The van der Waals surface area contributed by atoms with Gasteiger partial charge in [0, 0.05) is 18.3 Å². The minimum Gasteiger partial charge on any atom is -0.326 e. The second kappa shape index (κ2) is 9.28. The Balaban J connectivity index is 0.000000211. The summed E-state index contributed by atoms with van der Waals surface area (Å²) in [5, 5.41) is 5.29. The highest BCUT2D eigenvalue weighted by Gasteiger charge is 1.95. The van der Waals surface area contributed by atoms with E-state index in [1.165, 1.54) is 6.92 Å². The molecule has 0 aliphatic carbocycles. The van der Waals surface area contributed by atoms with Gasteiger partial charge in [-0.1, -0.05) is 36.4 Å². The molecule has 0 saturated carbocycles. The fourth-order valence-corrected chi connectivity index (χ4v) is 1.46. The van der Waals surface area contributed by atoms with Crippen LogP contribution in [-0.4, -0.2) is 18.4 Å². The summed E-state index contributed by atoms with van der Waals surface area (Å²) < 4.78 is 0. The maximum absolute atomic E-state index is 10.7. The molecule has 0 fully saturated rings. The van der Waals surface area contributed by atoms with Crippen LogP contribution in [0.4, 0.5) is 11.4 Å². The molecule has 2 rings (SSSR count). The molecule has 5 nitrogen and oxygen atoms in total. The number of para-hydroxylation sites is 2. The molecule has 0 aliphatic heterocycles. The Morgan fingerprint density at radius 3 is 1.67 bits per heavy atom. The molecule has 110 valence electrons. The summed E-state index contributed by atoms with van der Waals surface area (Å²) in [5.74, 6) is -0.206. The molecular formula is C16H19N3O2. The van der Waals surface area contributed by atoms with Gasteiger partial charge in [0.15, 0.2) is 0 Å². The van der Waals surface area contributed by atoms with Crippen LogP contribution in [0.5, 0.6) is 0 Å². The molecule has 0 bridgehead atoms. The average Bonchev–Trinajstić information content (AvgIpc) is 2.49. The lowest BCUT2D eigenvalue weighted by molar-refractivity contribution is -0.115. The van der Waals surface area contributed by atoms with Crippen molar-refractivity contribution < 1.29 is 9.59 Å². The Morgan fingerprint density at radius 1 is 0.857 bits per heavy atom. The highest BCUT2D eigenvalue weighted by molar-refractivity contribution is 5.92. The smallest absolute Gasteiger partial charge is 0.238 e. The lowest BCUT2D eigenvalue weighted by Crippen LogP contribution is -2.21. The van der Waals surface area contributed by atoms with Gasteiger partial charge >= 0.3 is 0 Å². The Kier molecular flexibility index (Phi) is 7.24. The second-order valence-corrected chi connectivity index (χ2v) is 4.17. The van der Waals surface area contributed by atoms with Crippen LogP contribution >= 0.6 is 0 Å². The summed E-state index contributed by atoms with van der Waals surface area (Å²) in [6.45, 7) is 1.52. The molecule has 2 amide bonds. The number of benzene rings is 2. The molecule has 21 heavy (non-hydrogen) atoms. The Labute approximate surface area is 124 Å². The highest BCUT2D eigenvalue weighted by Crippen LogP contribution is 2.04. The van der Waals surface area contributed by atoms with Crippen LogP contribution in [0.15, 0.2) is 60.7 Å².